The lowest BCUT2D eigenvalue weighted by Crippen LogP contribution is -2.40. The summed E-state index contributed by atoms with van der Waals surface area (Å²) in [6.07, 6.45) is -8.13. The number of halogens is 6. The minimum Gasteiger partial charge on any atom is -0.382 e. The van der Waals surface area contributed by atoms with Crippen LogP contribution in [-0.4, -0.2) is 23.0 Å². The van der Waals surface area contributed by atoms with Gasteiger partial charge in [-0.05, 0) is 62.4 Å². The van der Waals surface area contributed by atoms with Gasteiger partial charge in [0.05, 0.1) is 12.0 Å². The molecule has 1 aromatic heterocycles. The van der Waals surface area contributed by atoms with Crippen LogP contribution in [-0.2, 0) is 12.4 Å². The van der Waals surface area contributed by atoms with Crippen LogP contribution in [0.4, 0.5) is 32.0 Å². The Balaban J connectivity index is 1.61. The standard InChI is InChI=1S/C23H22F6N4O/c1-13(12-30)14-3-2-4-15(9-14)21(34)32-17-7-5-16(6-8-17)31-18-10-19(22(24,25)26)33-20(11-18)23(27,28)29/h2-4,9-11,13,16-17H,5-8H2,1H3,(H,31,33)(H,32,34). The molecule has 3 rings (SSSR count). The normalized spacial score (nSPS) is 19.7. The van der Waals surface area contributed by atoms with Crippen molar-refractivity contribution in [1.82, 2.24) is 10.3 Å². The first-order valence-electron chi connectivity index (χ1n) is 10.6. The van der Waals surface area contributed by atoms with Crippen LogP contribution < -0.4 is 10.6 Å². The van der Waals surface area contributed by atoms with E-state index in [0.29, 0.717) is 43.4 Å². The summed E-state index contributed by atoms with van der Waals surface area (Å²) < 4.78 is 78.0. The van der Waals surface area contributed by atoms with Crippen LogP contribution in [0.2, 0.25) is 0 Å². The van der Waals surface area contributed by atoms with Gasteiger partial charge in [0.15, 0.2) is 0 Å². The van der Waals surface area contributed by atoms with Crippen molar-refractivity contribution in [3.05, 3.63) is 58.9 Å². The van der Waals surface area contributed by atoms with Gasteiger partial charge in [-0.2, -0.15) is 31.6 Å². The average Bonchev–Trinajstić information content (AvgIpc) is 2.78. The van der Waals surface area contributed by atoms with E-state index in [1.807, 2.05) is 0 Å². The van der Waals surface area contributed by atoms with E-state index >= 15 is 0 Å². The second-order valence-electron chi connectivity index (χ2n) is 8.26. The number of carbonyl (C=O) groups excluding carboxylic acids is 1. The second-order valence-corrected chi connectivity index (χ2v) is 8.26. The highest BCUT2D eigenvalue weighted by Gasteiger charge is 2.39. The van der Waals surface area contributed by atoms with E-state index in [-0.39, 0.29) is 29.6 Å². The van der Waals surface area contributed by atoms with Crippen LogP contribution in [0.1, 0.15) is 65.8 Å². The van der Waals surface area contributed by atoms with Crippen molar-refractivity contribution in [2.75, 3.05) is 5.32 Å². The Labute approximate surface area is 192 Å². The van der Waals surface area contributed by atoms with Gasteiger partial charge in [0.1, 0.15) is 11.4 Å². The lowest BCUT2D eigenvalue weighted by molar-refractivity contribution is -0.150. The predicted octanol–water partition coefficient (Wildman–Crippen LogP) is 5.90. The molecule has 0 saturated heterocycles. The van der Waals surface area contributed by atoms with Crippen molar-refractivity contribution >= 4 is 11.6 Å². The molecule has 0 aliphatic heterocycles. The van der Waals surface area contributed by atoms with Gasteiger partial charge in [-0.25, -0.2) is 4.98 Å². The Kier molecular flexibility index (Phi) is 7.38. The van der Waals surface area contributed by atoms with Crippen molar-refractivity contribution in [3.63, 3.8) is 0 Å². The molecule has 11 heteroatoms. The van der Waals surface area contributed by atoms with Gasteiger partial charge in [0.2, 0.25) is 0 Å². The van der Waals surface area contributed by atoms with Crippen LogP contribution in [0, 0.1) is 11.3 Å². The Morgan fingerprint density at radius 2 is 1.56 bits per heavy atom. The Morgan fingerprint density at radius 3 is 2.09 bits per heavy atom. The quantitative estimate of drug-likeness (QED) is 0.518. The number of carbonyl (C=O) groups is 1. The molecular weight excluding hydrogens is 462 g/mol. The number of hydrogen-bond acceptors (Lipinski definition) is 4. The molecule has 2 aromatic rings. The third kappa shape index (κ3) is 6.40. The highest BCUT2D eigenvalue weighted by molar-refractivity contribution is 5.94. The number of nitriles is 1. The van der Waals surface area contributed by atoms with Crippen LogP contribution in [0.5, 0.6) is 0 Å². The number of nitrogens with one attached hydrogen (secondary N) is 2. The molecule has 1 unspecified atom stereocenters. The van der Waals surface area contributed by atoms with Gasteiger partial charge in [0.25, 0.3) is 5.91 Å². The smallest absolute Gasteiger partial charge is 0.382 e. The van der Waals surface area contributed by atoms with Crippen molar-refractivity contribution in [2.45, 2.75) is 63.0 Å². The molecule has 5 nitrogen and oxygen atoms in total. The molecule has 1 fully saturated rings. The first-order valence-corrected chi connectivity index (χ1v) is 10.6. The molecule has 1 heterocycles. The summed E-state index contributed by atoms with van der Waals surface area (Å²) in [5.74, 6) is -0.666. The number of pyridine rings is 1. The second kappa shape index (κ2) is 9.91. The highest BCUT2D eigenvalue weighted by atomic mass is 19.4. The van der Waals surface area contributed by atoms with E-state index in [0.717, 1.165) is 5.56 Å². The summed E-state index contributed by atoms with van der Waals surface area (Å²) in [7, 11) is 0. The molecule has 1 aromatic carbocycles. The summed E-state index contributed by atoms with van der Waals surface area (Å²) >= 11 is 0. The lowest BCUT2D eigenvalue weighted by atomic mass is 9.90. The minimum absolute atomic E-state index is 0.184. The summed E-state index contributed by atoms with van der Waals surface area (Å²) in [6.45, 7) is 1.73. The van der Waals surface area contributed by atoms with Crippen molar-refractivity contribution in [2.24, 2.45) is 0 Å². The first kappa shape index (κ1) is 25.3. The van der Waals surface area contributed by atoms with Gasteiger partial charge in [-0.1, -0.05) is 12.1 Å². The van der Waals surface area contributed by atoms with E-state index in [2.05, 4.69) is 21.7 Å². The molecule has 2 N–H and O–H groups in total. The van der Waals surface area contributed by atoms with Crippen LogP contribution in [0.25, 0.3) is 0 Å². The summed E-state index contributed by atoms with van der Waals surface area (Å²) in [4.78, 5) is 15.3. The third-order valence-corrected chi connectivity index (χ3v) is 5.68. The molecule has 1 aliphatic carbocycles. The van der Waals surface area contributed by atoms with E-state index in [1.165, 1.54) is 0 Å². The molecular formula is C23H22F6N4O. The van der Waals surface area contributed by atoms with Gasteiger partial charge in [0, 0.05) is 23.3 Å². The fraction of sp³-hybridized carbons (Fsp3) is 0.435. The first-order chi connectivity index (χ1) is 15.9. The molecule has 1 aliphatic rings. The maximum Gasteiger partial charge on any atom is 0.433 e. The Hall–Kier alpha value is -3.29. The molecule has 0 bridgehead atoms. The minimum atomic E-state index is -5.01. The van der Waals surface area contributed by atoms with Gasteiger partial charge in [-0.15, -0.1) is 0 Å². The molecule has 182 valence electrons. The van der Waals surface area contributed by atoms with Gasteiger partial charge >= 0.3 is 12.4 Å². The number of amides is 1. The molecule has 1 atom stereocenters. The average molecular weight is 484 g/mol. The highest BCUT2D eigenvalue weighted by Crippen LogP contribution is 2.35. The molecule has 1 amide bonds. The molecule has 0 spiro atoms. The molecule has 0 radical (unpaired) electrons. The number of hydrogen-bond donors (Lipinski definition) is 2. The van der Waals surface area contributed by atoms with Crippen molar-refractivity contribution < 1.29 is 31.1 Å². The fourth-order valence-corrected chi connectivity index (χ4v) is 3.81. The fourth-order valence-electron chi connectivity index (χ4n) is 3.81. The van der Waals surface area contributed by atoms with Gasteiger partial charge in [-0.3, -0.25) is 4.79 Å². The number of alkyl halides is 6. The van der Waals surface area contributed by atoms with E-state index in [4.69, 9.17) is 5.26 Å². The van der Waals surface area contributed by atoms with E-state index < -0.39 is 23.7 Å². The number of aromatic nitrogens is 1. The Bertz CT molecular complexity index is 1040. The van der Waals surface area contributed by atoms with Crippen LogP contribution in [0.15, 0.2) is 36.4 Å². The zero-order valence-corrected chi connectivity index (χ0v) is 18.1. The van der Waals surface area contributed by atoms with E-state index in [9.17, 15) is 31.1 Å². The van der Waals surface area contributed by atoms with Crippen LogP contribution in [0.3, 0.4) is 0 Å². The zero-order chi connectivity index (χ0) is 25.1. The topological polar surface area (TPSA) is 77.8 Å². The number of anilines is 1. The number of benzene rings is 1. The zero-order valence-electron chi connectivity index (χ0n) is 18.1. The summed E-state index contributed by atoms with van der Waals surface area (Å²) in [6, 6.07) is 9.45. The summed E-state index contributed by atoms with van der Waals surface area (Å²) in [5, 5.41) is 14.7. The van der Waals surface area contributed by atoms with Crippen molar-refractivity contribution in [1.29, 1.82) is 5.26 Å². The Morgan fingerprint density at radius 1 is 1.00 bits per heavy atom. The number of nitrogens with zero attached hydrogens (tertiary/aromatic N) is 2. The summed E-state index contributed by atoms with van der Waals surface area (Å²) in [5.41, 5.74) is -2.39. The predicted molar refractivity (Wildman–Crippen MR) is 112 cm³/mol. The number of rotatable bonds is 5. The van der Waals surface area contributed by atoms with Crippen LogP contribution >= 0.6 is 0 Å². The van der Waals surface area contributed by atoms with E-state index in [1.54, 1.807) is 31.2 Å². The lowest BCUT2D eigenvalue weighted by Gasteiger charge is -2.30. The molecule has 1 saturated carbocycles. The maximum absolute atomic E-state index is 13.0. The maximum atomic E-state index is 13.0. The van der Waals surface area contributed by atoms with Crippen molar-refractivity contribution in [3.8, 4) is 6.07 Å². The SMILES string of the molecule is CC(C#N)c1cccc(C(=O)NC2CCC(Nc3cc(C(F)(F)F)nc(C(F)(F)F)c3)CC2)c1. The monoisotopic (exact) mass is 484 g/mol. The van der Waals surface area contributed by atoms with Gasteiger partial charge < -0.3 is 10.6 Å². The molecule has 34 heavy (non-hydrogen) atoms. The third-order valence-electron chi connectivity index (χ3n) is 5.68. The largest absolute Gasteiger partial charge is 0.433 e.